The molecule has 1 aromatic rings. The summed E-state index contributed by atoms with van der Waals surface area (Å²) in [6, 6.07) is 7.90. The summed E-state index contributed by atoms with van der Waals surface area (Å²) in [5, 5.41) is 8.72. The second kappa shape index (κ2) is 8.96. The number of hydrogen-bond donors (Lipinski definition) is 1. The number of carbonyl (C=O) groups is 1. The first kappa shape index (κ1) is 17.0. The Balaban J connectivity index is 2.70. The van der Waals surface area contributed by atoms with E-state index in [-0.39, 0.29) is 0 Å². The van der Waals surface area contributed by atoms with Gasteiger partial charge in [-0.2, -0.15) is 0 Å². The van der Waals surface area contributed by atoms with Crippen LogP contribution in [0.2, 0.25) is 0 Å². The number of carboxylic acid groups (broad SMARTS) is 1. The Morgan fingerprint density at radius 3 is 2.52 bits per heavy atom. The predicted molar refractivity (Wildman–Crippen MR) is 89.2 cm³/mol. The van der Waals surface area contributed by atoms with Gasteiger partial charge in [0.1, 0.15) is 0 Å². The number of rotatable bonds is 7. The molecule has 0 unspecified atom stereocenters. The van der Waals surface area contributed by atoms with E-state index in [4.69, 9.17) is 5.11 Å². The van der Waals surface area contributed by atoms with E-state index in [0.29, 0.717) is 0 Å². The molecule has 0 saturated heterocycles. The lowest BCUT2D eigenvalue weighted by atomic mass is 10.0. The van der Waals surface area contributed by atoms with Gasteiger partial charge >= 0.3 is 5.97 Å². The summed E-state index contributed by atoms with van der Waals surface area (Å²) in [7, 11) is 0. The highest BCUT2D eigenvalue weighted by Gasteiger charge is 1.98. The Bertz CT molecular complexity index is 559. The van der Waals surface area contributed by atoms with Crippen molar-refractivity contribution >= 4 is 12.0 Å². The van der Waals surface area contributed by atoms with Crippen molar-refractivity contribution in [3.05, 3.63) is 64.8 Å². The van der Waals surface area contributed by atoms with Gasteiger partial charge < -0.3 is 5.11 Å². The molecule has 0 bridgehead atoms. The highest BCUT2D eigenvalue weighted by Crippen LogP contribution is 2.14. The molecule has 0 aliphatic heterocycles. The van der Waals surface area contributed by atoms with Gasteiger partial charge in [-0.25, -0.2) is 4.79 Å². The molecule has 1 aromatic carbocycles. The number of hydrogen-bond acceptors (Lipinski definition) is 1. The molecule has 0 aliphatic rings. The fourth-order valence-corrected chi connectivity index (χ4v) is 2.02. The average Bonchev–Trinajstić information content (AvgIpc) is 2.43. The van der Waals surface area contributed by atoms with E-state index in [9.17, 15) is 4.79 Å². The second-order valence-corrected chi connectivity index (χ2v) is 5.45. The first-order valence-electron chi connectivity index (χ1n) is 7.27. The van der Waals surface area contributed by atoms with Crippen LogP contribution in [0, 0.1) is 0 Å². The lowest BCUT2D eigenvalue weighted by Gasteiger charge is -2.04. The average molecular weight is 284 g/mol. The molecule has 0 heterocycles. The zero-order valence-electron chi connectivity index (χ0n) is 13.1. The third-order valence-electron chi connectivity index (χ3n) is 3.22. The molecular formula is C19H24O2. The number of aliphatic carboxylic acids is 1. The molecule has 1 N–H and O–H groups in total. The fourth-order valence-electron chi connectivity index (χ4n) is 2.02. The van der Waals surface area contributed by atoms with E-state index in [0.717, 1.165) is 30.4 Å². The van der Waals surface area contributed by atoms with Crippen molar-refractivity contribution in [2.24, 2.45) is 0 Å². The summed E-state index contributed by atoms with van der Waals surface area (Å²) in [5.74, 6) is -0.918. The van der Waals surface area contributed by atoms with Gasteiger partial charge in [0.25, 0.3) is 0 Å². The van der Waals surface area contributed by atoms with Gasteiger partial charge in [-0.15, -0.1) is 0 Å². The van der Waals surface area contributed by atoms with Crippen LogP contribution in [0.15, 0.2) is 53.6 Å². The summed E-state index contributed by atoms with van der Waals surface area (Å²) in [4.78, 5) is 10.6. The molecule has 0 aliphatic carbocycles. The van der Waals surface area contributed by atoms with Gasteiger partial charge in [0.15, 0.2) is 0 Å². The molecule has 0 spiro atoms. The Labute approximate surface area is 127 Å². The topological polar surface area (TPSA) is 37.3 Å². The van der Waals surface area contributed by atoms with Crippen molar-refractivity contribution in [1.29, 1.82) is 0 Å². The molecule has 0 aromatic heterocycles. The largest absolute Gasteiger partial charge is 0.478 e. The summed E-state index contributed by atoms with van der Waals surface area (Å²) in [5.41, 5.74) is 4.83. The minimum atomic E-state index is -0.918. The molecule has 112 valence electrons. The Kier molecular flexibility index (Phi) is 7.24. The molecule has 2 nitrogen and oxygen atoms in total. The van der Waals surface area contributed by atoms with Crippen LogP contribution in [0.5, 0.6) is 0 Å². The smallest absolute Gasteiger partial charge is 0.328 e. The summed E-state index contributed by atoms with van der Waals surface area (Å²) in [6.45, 7) is 6.38. The van der Waals surface area contributed by atoms with Crippen LogP contribution < -0.4 is 0 Å². The van der Waals surface area contributed by atoms with Gasteiger partial charge in [-0.3, -0.25) is 0 Å². The number of allylic oxidation sites excluding steroid dienone is 4. The minimum Gasteiger partial charge on any atom is -0.478 e. The maximum atomic E-state index is 10.6. The molecule has 0 atom stereocenters. The quantitative estimate of drug-likeness (QED) is 0.564. The molecule has 0 amide bonds. The van der Waals surface area contributed by atoms with Crippen LogP contribution in [0.4, 0.5) is 0 Å². The first-order chi connectivity index (χ1) is 9.99. The van der Waals surface area contributed by atoms with Crippen LogP contribution in [0.25, 0.3) is 6.08 Å². The van der Waals surface area contributed by atoms with E-state index < -0.39 is 5.97 Å². The Morgan fingerprint density at radius 1 is 1.14 bits per heavy atom. The summed E-state index contributed by atoms with van der Waals surface area (Å²) < 4.78 is 0. The Morgan fingerprint density at radius 2 is 1.86 bits per heavy atom. The van der Waals surface area contributed by atoms with Gasteiger partial charge in [0.05, 0.1) is 0 Å². The predicted octanol–water partition coefficient (Wildman–Crippen LogP) is 5.02. The van der Waals surface area contributed by atoms with E-state index in [1.165, 1.54) is 17.2 Å². The monoisotopic (exact) mass is 284 g/mol. The lowest BCUT2D eigenvalue weighted by Crippen LogP contribution is -1.90. The van der Waals surface area contributed by atoms with Crippen LogP contribution >= 0.6 is 0 Å². The summed E-state index contributed by atoms with van der Waals surface area (Å²) >= 11 is 0. The molecule has 2 heteroatoms. The standard InChI is InChI=1S/C19H24O2/c1-15(2)7-6-8-16(3)11-12-17-9-4-5-10-18(17)13-14-19(20)21/h4-5,7,9-11,13-14H,6,8,12H2,1-3H3,(H,20,21)/b14-13+,16-11+. The van der Waals surface area contributed by atoms with Crippen molar-refractivity contribution < 1.29 is 9.90 Å². The van der Waals surface area contributed by atoms with Crippen LogP contribution in [0.3, 0.4) is 0 Å². The van der Waals surface area contributed by atoms with Gasteiger partial charge in [-0.1, -0.05) is 47.6 Å². The van der Waals surface area contributed by atoms with Gasteiger partial charge in [-0.05, 0) is 57.2 Å². The SMILES string of the molecule is CC(C)=CCC/C(C)=C/Cc1ccccc1/C=C/C(=O)O. The van der Waals surface area contributed by atoms with Crippen molar-refractivity contribution in [1.82, 2.24) is 0 Å². The molecule has 0 fully saturated rings. The maximum Gasteiger partial charge on any atom is 0.328 e. The lowest BCUT2D eigenvalue weighted by molar-refractivity contribution is -0.131. The second-order valence-electron chi connectivity index (χ2n) is 5.45. The zero-order valence-corrected chi connectivity index (χ0v) is 13.1. The highest BCUT2D eigenvalue weighted by atomic mass is 16.4. The third-order valence-corrected chi connectivity index (χ3v) is 3.22. The van der Waals surface area contributed by atoms with Crippen molar-refractivity contribution in [2.75, 3.05) is 0 Å². The molecule has 21 heavy (non-hydrogen) atoms. The zero-order chi connectivity index (χ0) is 15.7. The van der Waals surface area contributed by atoms with E-state index in [2.05, 4.69) is 32.9 Å². The highest BCUT2D eigenvalue weighted by molar-refractivity contribution is 5.85. The van der Waals surface area contributed by atoms with Crippen molar-refractivity contribution in [2.45, 2.75) is 40.0 Å². The first-order valence-corrected chi connectivity index (χ1v) is 7.27. The molecule has 1 rings (SSSR count). The summed E-state index contributed by atoms with van der Waals surface area (Å²) in [6.07, 6.45) is 10.3. The van der Waals surface area contributed by atoms with Crippen molar-refractivity contribution in [3.63, 3.8) is 0 Å². The normalized spacial score (nSPS) is 11.7. The maximum absolute atomic E-state index is 10.6. The minimum absolute atomic E-state index is 0.834. The molecular weight excluding hydrogens is 260 g/mol. The number of carboxylic acids is 1. The van der Waals surface area contributed by atoms with E-state index in [1.54, 1.807) is 6.08 Å². The van der Waals surface area contributed by atoms with E-state index in [1.807, 2.05) is 24.3 Å². The number of benzene rings is 1. The van der Waals surface area contributed by atoms with Crippen molar-refractivity contribution in [3.8, 4) is 0 Å². The van der Waals surface area contributed by atoms with Crippen LogP contribution in [-0.2, 0) is 11.2 Å². The third kappa shape index (κ3) is 7.31. The van der Waals surface area contributed by atoms with Crippen LogP contribution in [0.1, 0.15) is 44.7 Å². The molecule has 0 saturated carbocycles. The molecule has 0 radical (unpaired) electrons. The van der Waals surface area contributed by atoms with Crippen LogP contribution in [-0.4, -0.2) is 11.1 Å². The van der Waals surface area contributed by atoms with Gasteiger partial charge in [0, 0.05) is 6.08 Å². The van der Waals surface area contributed by atoms with Gasteiger partial charge in [0.2, 0.25) is 0 Å². The Hall–Kier alpha value is -2.09. The fraction of sp³-hybridized carbons (Fsp3) is 0.316. The van der Waals surface area contributed by atoms with E-state index >= 15 is 0 Å².